The maximum atomic E-state index is 11.3. The van der Waals surface area contributed by atoms with E-state index < -0.39 is 5.97 Å². The lowest BCUT2D eigenvalue weighted by Gasteiger charge is -2.20. The third-order valence-electron chi connectivity index (χ3n) is 1.87. The molecule has 1 rings (SSSR count). The smallest absolute Gasteiger partial charge is 0.352 e. The fraction of sp³-hybridized carbons (Fsp3) is 0.444. The van der Waals surface area contributed by atoms with E-state index in [0.717, 1.165) is 0 Å². The van der Waals surface area contributed by atoms with Gasteiger partial charge in [0.2, 0.25) is 5.91 Å². The molecular formula is C9H12N2O3. The number of nitrogens with zero attached hydrogens (tertiary/aromatic N) is 2. The molecule has 0 aromatic heterocycles. The van der Waals surface area contributed by atoms with Crippen molar-refractivity contribution in [2.24, 2.45) is 5.10 Å². The molecule has 0 saturated heterocycles. The predicted molar refractivity (Wildman–Crippen MR) is 50.8 cm³/mol. The SMILES string of the molecule is C/C=C/CN1N=C(C(=O)O)CCC1=O. The number of carbonyl (C=O) groups excluding carboxylic acids is 1. The molecule has 0 saturated carbocycles. The van der Waals surface area contributed by atoms with Crippen molar-refractivity contribution in [2.45, 2.75) is 19.8 Å². The van der Waals surface area contributed by atoms with E-state index in [1.54, 1.807) is 12.2 Å². The summed E-state index contributed by atoms with van der Waals surface area (Å²) in [6.07, 6.45) is 3.99. The van der Waals surface area contributed by atoms with Gasteiger partial charge in [-0.25, -0.2) is 9.80 Å². The van der Waals surface area contributed by atoms with Crippen LogP contribution in [-0.2, 0) is 9.59 Å². The Hall–Kier alpha value is -1.65. The fourth-order valence-electron chi connectivity index (χ4n) is 1.10. The Balaban J connectivity index is 2.75. The monoisotopic (exact) mass is 196 g/mol. The number of hydrogen-bond donors (Lipinski definition) is 1. The van der Waals surface area contributed by atoms with Gasteiger partial charge in [-0.05, 0) is 6.92 Å². The standard InChI is InChI=1S/C9H12N2O3/c1-2-3-6-11-8(12)5-4-7(10-11)9(13)14/h2-3H,4-6H2,1H3,(H,13,14)/b3-2+. The first-order valence-electron chi connectivity index (χ1n) is 4.37. The third kappa shape index (κ3) is 2.42. The molecule has 5 heteroatoms. The Morgan fingerprint density at radius 1 is 1.64 bits per heavy atom. The zero-order valence-electron chi connectivity index (χ0n) is 7.93. The van der Waals surface area contributed by atoms with Crippen LogP contribution >= 0.6 is 0 Å². The Kier molecular flexibility index (Phi) is 3.39. The molecule has 0 aromatic rings. The number of carboxylic acids is 1. The Labute approximate surface area is 81.7 Å². The van der Waals surface area contributed by atoms with Crippen LogP contribution < -0.4 is 0 Å². The summed E-state index contributed by atoms with van der Waals surface area (Å²) in [6.45, 7) is 2.17. The van der Waals surface area contributed by atoms with Crippen molar-refractivity contribution in [3.05, 3.63) is 12.2 Å². The molecule has 0 aromatic carbocycles. The summed E-state index contributed by atoms with van der Waals surface area (Å²) in [5, 5.41) is 13.6. The van der Waals surface area contributed by atoms with Crippen molar-refractivity contribution in [3.63, 3.8) is 0 Å². The predicted octanol–water partition coefficient (Wildman–Crippen LogP) is 0.626. The van der Waals surface area contributed by atoms with Crippen LogP contribution in [0.2, 0.25) is 0 Å². The summed E-state index contributed by atoms with van der Waals surface area (Å²) in [7, 11) is 0. The number of amides is 1. The van der Waals surface area contributed by atoms with E-state index in [0.29, 0.717) is 6.54 Å². The minimum atomic E-state index is -1.05. The molecule has 5 nitrogen and oxygen atoms in total. The zero-order chi connectivity index (χ0) is 10.6. The molecule has 1 aliphatic rings. The molecule has 76 valence electrons. The van der Waals surface area contributed by atoms with Crippen LogP contribution in [0.4, 0.5) is 0 Å². The van der Waals surface area contributed by atoms with E-state index in [1.807, 2.05) is 6.92 Å². The Bertz CT molecular complexity index is 307. The lowest BCUT2D eigenvalue weighted by atomic mass is 10.2. The normalized spacial score (nSPS) is 17.4. The second-order valence-corrected chi connectivity index (χ2v) is 2.90. The second-order valence-electron chi connectivity index (χ2n) is 2.90. The Morgan fingerprint density at radius 2 is 2.36 bits per heavy atom. The van der Waals surface area contributed by atoms with Crippen LogP contribution in [0.1, 0.15) is 19.8 Å². The zero-order valence-corrected chi connectivity index (χ0v) is 7.93. The first-order valence-corrected chi connectivity index (χ1v) is 4.37. The quantitative estimate of drug-likeness (QED) is 0.673. The number of aliphatic carboxylic acids is 1. The molecule has 0 aliphatic carbocycles. The molecule has 0 fully saturated rings. The van der Waals surface area contributed by atoms with Gasteiger partial charge in [0.05, 0.1) is 6.54 Å². The average molecular weight is 196 g/mol. The van der Waals surface area contributed by atoms with Crippen molar-refractivity contribution in [1.29, 1.82) is 0 Å². The molecule has 1 heterocycles. The molecule has 1 N–H and O–H groups in total. The second kappa shape index (κ2) is 4.55. The topological polar surface area (TPSA) is 70.0 Å². The van der Waals surface area contributed by atoms with Gasteiger partial charge in [0.25, 0.3) is 0 Å². The number of hydrazone groups is 1. The molecule has 1 aliphatic heterocycles. The van der Waals surface area contributed by atoms with Crippen molar-refractivity contribution >= 4 is 17.6 Å². The maximum absolute atomic E-state index is 11.3. The van der Waals surface area contributed by atoms with Gasteiger partial charge < -0.3 is 5.11 Å². The molecule has 0 unspecified atom stereocenters. The number of carbonyl (C=O) groups is 2. The first-order chi connectivity index (χ1) is 6.65. The highest BCUT2D eigenvalue weighted by Gasteiger charge is 2.22. The van der Waals surface area contributed by atoms with E-state index in [4.69, 9.17) is 5.11 Å². The van der Waals surface area contributed by atoms with Gasteiger partial charge in [-0.15, -0.1) is 0 Å². The average Bonchev–Trinajstić information content (AvgIpc) is 2.16. The molecule has 0 bridgehead atoms. The van der Waals surface area contributed by atoms with Crippen LogP contribution in [0.15, 0.2) is 17.3 Å². The summed E-state index contributed by atoms with van der Waals surface area (Å²) < 4.78 is 0. The van der Waals surface area contributed by atoms with Crippen molar-refractivity contribution in [3.8, 4) is 0 Å². The first kappa shape index (κ1) is 10.4. The van der Waals surface area contributed by atoms with Crippen LogP contribution in [0.5, 0.6) is 0 Å². The summed E-state index contributed by atoms with van der Waals surface area (Å²) >= 11 is 0. The minimum Gasteiger partial charge on any atom is -0.477 e. The van der Waals surface area contributed by atoms with Crippen molar-refractivity contribution < 1.29 is 14.7 Å². The lowest BCUT2D eigenvalue weighted by molar-refractivity contribution is -0.132. The summed E-state index contributed by atoms with van der Waals surface area (Å²) in [5.74, 6) is -1.18. The number of allylic oxidation sites excluding steroid dienone is 1. The molecule has 0 spiro atoms. The van der Waals surface area contributed by atoms with Gasteiger partial charge >= 0.3 is 5.97 Å². The number of carboxylic acid groups (broad SMARTS) is 1. The van der Waals surface area contributed by atoms with Gasteiger partial charge in [0, 0.05) is 12.8 Å². The minimum absolute atomic E-state index is 0.0501. The van der Waals surface area contributed by atoms with Crippen LogP contribution in [0.25, 0.3) is 0 Å². The largest absolute Gasteiger partial charge is 0.477 e. The van der Waals surface area contributed by atoms with Gasteiger partial charge in [-0.1, -0.05) is 12.2 Å². The highest BCUT2D eigenvalue weighted by atomic mass is 16.4. The van der Waals surface area contributed by atoms with Crippen LogP contribution in [0.3, 0.4) is 0 Å². The van der Waals surface area contributed by atoms with Gasteiger partial charge in [0.1, 0.15) is 5.71 Å². The molecule has 0 atom stereocenters. The highest BCUT2D eigenvalue weighted by molar-refractivity contribution is 6.36. The lowest BCUT2D eigenvalue weighted by Crippen LogP contribution is -2.34. The molecule has 1 amide bonds. The van der Waals surface area contributed by atoms with E-state index >= 15 is 0 Å². The summed E-state index contributed by atoms with van der Waals surface area (Å²) in [6, 6.07) is 0. The number of hydrogen-bond acceptors (Lipinski definition) is 3. The van der Waals surface area contributed by atoms with Gasteiger partial charge in [-0.2, -0.15) is 5.10 Å². The van der Waals surface area contributed by atoms with E-state index in [-0.39, 0.29) is 24.5 Å². The fourth-order valence-corrected chi connectivity index (χ4v) is 1.10. The van der Waals surface area contributed by atoms with E-state index in [1.165, 1.54) is 5.01 Å². The number of rotatable bonds is 3. The van der Waals surface area contributed by atoms with Crippen LogP contribution in [0, 0.1) is 0 Å². The van der Waals surface area contributed by atoms with Crippen molar-refractivity contribution in [1.82, 2.24) is 5.01 Å². The third-order valence-corrected chi connectivity index (χ3v) is 1.87. The highest BCUT2D eigenvalue weighted by Crippen LogP contribution is 2.09. The van der Waals surface area contributed by atoms with E-state index in [9.17, 15) is 9.59 Å². The maximum Gasteiger partial charge on any atom is 0.352 e. The van der Waals surface area contributed by atoms with Crippen LogP contribution in [-0.4, -0.2) is 34.2 Å². The van der Waals surface area contributed by atoms with E-state index in [2.05, 4.69) is 5.10 Å². The van der Waals surface area contributed by atoms with Gasteiger partial charge in [0.15, 0.2) is 0 Å². The molecule has 14 heavy (non-hydrogen) atoms. The Morgan fingerprint density at radius 3 is 2.93 bits per heavy atom. The summed E-state index contributed by atoms with van der Waals surface area (Å²) in [4.78, 5) is 21.9. The molecular weight excluding hydrogens is 184 g/mol. The van der Waals surface area contributed by atoms with Gasteiger partial charge in [-0.3, -0.25) is 4.79 Å². The summed E-state index contributed by atoms with van der Waals surface area (Å²) in [5.41, 5.74) is 0.0501. The van der Waals surface area contributed by atoms with Crippen molar-refractivity contribution in [2.75, 3.05) is 6.54 Å². The molecule has 0 radical (unpaired) electrons.